The molecular formula is C14H22. The Bertz CT molecular complexity index is 257. The highest BCUT2D eigenvalue weighted by atomic mass is 14.3. The van der Waals surface area contributed by atoms with Crippen molar-refractivity contribution in [2.75, 3.05) is 0 Å². The van der Waals surface area contributed by atoms with Gasteiger partial charge in [0.25, 0.3) is 0 Å². The van der Waals surface area contributed by atoms with Crippen molar-refractivity contribution < 1.29 is 0 Å². The number of hydrogen-bond acceptors (Lipinski definition) is 0. The minimum absolute atomic E-state index is 0.454. The summed E-state index contributed by atoms with van der Waals surface area (Å²) in [4.78, 5) is 0. The summed E-state index contributed by atoms with van der Waals surface area (Å²) in [6, 6.07) is 10.8. The summed E-state index contributed by atoms with van der Waals surface area (Å²) in [5, 5.41) is 0. The summed E-state index contributed by atoms with van der Waals surface area (Å²) in [6.45, 7) is 9.34. The smallest absolute Gasteiger partial charge is 0.0274 e. The molecule has 1 aromatic rings. The van der Waals surface area contributed by atoms with Crippen molar-refractivity contribution in [3.05, 3.63) is 35.9 Å². The summed E-state index contributed by atoms with van der Waals surface area (Å²) < 4.78 is 0. The largest absolute Gasteiger partial charge is 0.0623 e. The molecule has 0 N–H and O–H groups in total. The second-order valence-electron chi connectivity index (χ2n) is 5.13. The zero-order valence-electron chi connectivity index (χ0n) is 9.88. The molecule has 0 aromatic heterocycles. The van der Waals surface area contributed by atoms with Crippen molar-refractivity contribution in [1.29, 1.82) is 0 Å². The molecule has 0 radical (unpaired) electrons. The van der Waals surface area contributed by atoms with Crippen LogP contribution in [0.2, 0.25) is 0 Å². The Morgan fingerprint density at radius 2 is 1.64 bits per heavy atom. The first-order chi connectivity index (χ1) is 6.52. The molecule has 0 heteroatoms. The summed E-state index contributed by atoms with van der Waals surface area (Å²) in [5.41, 5.74) is 1.91. The Balaban J connectivity index is 2.49. The third-order valence-corrected chi connectivity index (χ3v) is 3.46. The molecular weight excluding hydrogens is 168 g/mol. The van der Waals surface area contributed by atoms with Crippen molar-refractivity contribution in [3.8, 4) is 0 Å². The van der Waals surface area contributed by atoms with Gasteiger partial charge in [0.15, 0.2) is 0 Å². The SMILES string of the molecule is CC(C)C(C)(C)CCc1ccccc1. The van der Waals surface area contributed by atoms with Gasteiger partial charge in [0.2, 0.25) is 0 Å². The summed E-state index contributed by atoms with van der Waals surface area (Å²) in [6.07, 6.45) is 2.47. The maximum atomic E-state index is 2.36. The fourth-order valence-corrected chi connectivity index (χ4v) is 1.40. The van der Waals surface area contributed by atoms with Gasteiger partial charge in [-0.3, -0.25) is 0 Å². The third kappa shape index (κ3) is 3.17. The normalized spacial score (nSPS) is 12.1. The van der Waals surface area contributed by atoms with Gasteiger partial charge >= 0.3 is 0 Å². The molecule has 0 unspecified atom stereocenters. The van der Waals surface area contributed by atoms with Gasteiger partial charge in [-0.2, -0.15) is 0 Å². The van der Waals surface area contributed by atoms with Crippen LogP contribution in [-0.4, -0.2) is 0 Å². The van der Waals surface area contributed by atoms with E-state index in [0.29, 0.717) is 5.41 Å². The molecule has 0 saturated carbocycles. The summed E-state index contributed by atoms with van der Waals surface area (Å²) in [5.74, 6) is 0.756. The van der Waals surface area contributed by atoms with E-state index in [4.69, 9.17) is 0 Å². The van der Waals surface area contributed by atoms with Crippen molar-refractivity contribution in [2.24, 2.45) is 11.3 Å². The van der Waals surface area contributed by atoms with E-state index in [2.05, 4.69) is 58.0 Å². The molecule has 0 atom stereocenters. The lowest BCUT2D eigenvalue weighted by atomic mass is 9.77. The predicted molar refractivity (Wildman–Crippen MR) is 63.4 cm³/mol. The number of benzene rings is 1. The van der Waals surface area contributed by atoms with E-state index in [-0.39, 0.29) is 0 Å². The second-order valence-corrected chi connectivity index (χ2v) is 5.13. The topological polar surface area (TPSA) is 0 Å². The second kappa shape index (κ2) is 4.63. The van der Waals surface area contributed by atoms with Crippen molar-refractivity contribution in [2.45, 2.75) is 40.5 Å². The van der Waals surface area contributed by atoms with Gasteiger partial charge in [-0.1, -0.05) is 58.0 Å². The molecule has 0 heterocycles. The maximum Gasteiger partial charge on any atom is -0.0274 e. The van der Waals surface area contributed by atoms with E-state index in [1.165, 1.54) is 18.4 Å². The Hall–Kier alpha value is -0.780. The standard InChI is InChI=1S/C14H22/c1-12(2)14(3,4)11-10-13-8-6-5-7-9-13/h5-9,12H,10-11H2,1-4H3. The molecule has 0 saturated heterocycles. The predicted octanol–water partition coefficient (Wildman–Crippen LogP) is 4.30. The first-order valence-electron chi connectivity index (χ1n) is 5.56. The lowest BCUT2D eigenvalue weighted by molar-refractivity contribution is 0.229. The molecule has 0 bridgehead atoms. The number of aryl methyl sites for hydroxylation is 1. The van der Waals surface area contributed by atoms with E-state index in [9.17, 15) is 0 Å². The molecule has 0 nitrogen and oxygen atoms in total. The minimum atomic E-state index is 0.454. The first kappa shape index (κ1) is 11.3. The van der Waals surface area contributed by atoms with Gasteiger partial charge in [-0.25, -0.2) is 0 Å². The Labute approximate surface area is 88.4 Å². The zero-order chi connectivity index (χ0) is 10.6. The molecule has 0 aliphatic carbocycles. The van der Waals surface area contributed by atoms with Gasteiger partial charge in [0, 0.05) is 0 Å². The van der Waals surface area contributed by atoms with Gasteiger partial charge in [-0.05, 0) is 29.7 Å². The van der Waals surface area contributed by atoms with Crippen LogP contribution in [-0.2, 0) is 6.42 Å². The zero-order valence-corrected chi connectivity index (χ0v) is 9.88. The molecule has 0 spiro atoms. The van der Waals surface area contributed by atoms with Crippen molar-refractivity contribution >= 4 is 0 Å². The number of rotatable bonds is 4. The van der Waals surface area contributed by atoms with Crippen LogP contribution in [0.5, 0.6) is 0 Å². The monoisotopic (exact) mass is 190 g/mol. The highest BCUT2D eigenvalue weighted by Gasteiger charge is 2.21. The highest BCUT2D eigenvalue weighted by molar-refractivity contribution is 5.14. The van der Waals surface area contributed by atoms with Crippen molar-refractivity contribution in [3.63, 3.8) is 0 Å². The van der Waals surface area contributed by atoms with E-state index in [0.717, 1.165) is 5.92 Å². The molecule has 78 valence electrons. The van der Waals surface area contributed by atoms with Gasteiger partial charge < -0.3 is 0 Å². The average molecular weight is 190 g/mol. The molecule has 0 aliphatic rings. The van der Waals surface area contributed by atoms with Crippen LogP contribution in [0.3, 0.4) is 0 Å². The van der Waals surface area contributed by atoms with Crippen LogP contribution in [0.15, 0.2) is 30.3 Å². The third-order valence-electron chi connectivity index (χ3n) is 3.46. The maximum absolute atomic E-state index is 2.36. The van der Waals surface area contributed by atoms with Crippen LogP contribution in [0, 0.1) is 11.3 Å². The van der Waals surface area contributed by atoms with E-state index in [1.54, 1.807) is 0 Å². The van der Waals surface area contributed by atoms with Crippen LogP contribution in [0.1, 0.15) is 39.7 Å². The summed E-state index contributed by atoms with van der Waals surface area (Å²) >= 11 is 0. The molecule has 1 rings (SSSR count). The van der Waals surface area contributed by atoms with Crippen LogP contribution in [0.4, 0.5) is 0 Å². The Morgan fingerprint density at radius 1 is 1.07 bits per heavy atom. The fourth-order valence-electron chi connectivity index (χ4n) is 1.40. The van der Waals surface area contributed by atoms with Crippen LogP contribution in [0.25, 0.3) is 0 Å². The lowest BCUT2D eigenvalue weighted by Crippen LogP contribution is -2.19. The van der Waals surface area contributed by atoms with E-state index in [1.807, 2.05) is 0 Å². The first-order valence-corrected chi connectivity index (χ1v) is 5.56. The molecule has 0 amide bonds. The quantitative estimate of drug-likeness (QED) is 0.664. The highest BCUT2D eigenvalue weighted by Crippen LogP contribution is 2.31. The molecule has 14 heavy (non-hydrogen) atoms. The molecule has 0 aliphatic heterocycles. The van der Waals surface area contributed by atoms with Gasteiger partial charge in [0.1, 0.15) is 0 Å². The average Bonchev–Trinajstić information content (AvgIpc) is 2.16. The lowest BCUT2D eigenvalue weighted by Gasteiger charge is -2.29. The minimum Gasteiger partial charge on any atom is -0.0623 e. The van der Waals surface area contributed by atoms with Crippen LogP contribution >= 0.6 is 0 Å². The fraction of sp³-hybridized carbons (Fsp3) is 0.571. The Morgan fingerprint density at radius 3 is 2.14 bits per heavy atom. The van der Waals surface area contributed by atoms with E-state index >= 15 is 0 Å². The van der Waals surface area contributed by atoms with Crippen LogP contribution < -0.4 is 0 Å². The van der Waals surface area contributed by atoms with E-state index < -0.39 is 0 Å². The Kier molecular flexibility index (Phi) is 3.74. The summed E-state index contributed by atoms with van der Waals surface area (Å²) in [7, 11) is 0. The van der Waals surface area contributed by atoms with Crippen molar-refractivity contribution in [1.82, 2.24) is 0 Å². The molecule has 0 fully saturated rings. The number of hydrogen-bond donors (Lipinski definition) is 0. The van der Waals surface area contributed by atoms with Gasteiger partial charge in [0.05, 0.1) is 0 Å². The molecule has 1 aromatic carbocycles. The van der Waals surface area contributed by atoms with Gasteiger partial charge in [-0.15, -0.1) is 0 Å².